The van der Waals surface area contributed by atoms with Crippen molar-refractivity contribution in [3.8, 4) is 0 Å². The normalized spacial score (nSPS) is 14.1. The Kier molecular flexibility index (Phi) is 45.3. The van der Waals surface area contributed by atoms with Gasteiger partial charge in [0.1, 0.15) is 12.7 Å². The molecule has 0 saturated heterocycles. The Morgan fingerprint density at radius 2 is 0.839 bits per heavy atom. The van der Waals surface area contributed by atoms with Gasteiger partial charge in [0.2, 0.25) is 0 Å². The molecular weight excluding hydrogens is 804 g/mol. The molecule has 0 aliphatic heterocycles. The molecule has 0 aromatic carbocycles. The Labute approximate surface area is 379 Å². The van der Waals surface area contributed by atoms with Crippen molar-refractivity contribution in [1.82, 2.24) is 0 Å². The maximum absolute atomic E-state index is 12.7. The van der Waals surface area contributed by atoms with E-state index in [1.54, 1.807) is 0 Å². The third-order valence-electron chi connectivity index (χ3n) is 10.7. The van der Waals surface area contributed by atoms with Crippen LogP contribution in [0.15, 0.2) is 48.6 Å². The SMILES string of the molecule is CCCCC/C=C/C/C=C/C/C=C/C/C=C/CCCCCC(=O)O[C@H](COC(=O)CCCCCCCCCCCCCCCCCCCCCC)COP(=O)(O)OC[C@@H](O)CO. The van der Waals surface area contributed by atoms with Crippen molar-refractivity contribution < 1.29 is 47.8 Å². The number of carbonyl (C=O) groups excluding carboxylic acids is 2. The molecule has 3 N–H and O–H groups in total. The van der Waals surface area contributed by atoms with Gasteiger partial charge in [-0.3, -0.25) is 18.6 Å². The smallest absolute Gasteiger partial charge is 0.462 e. The van der Waals surface area contributed by atoms with Gasteiger partial charge in [-0.2, -0.15) is 0 Å². The molecule has 11 heteroatoms. The molecule has 0 aliphatic carbocycles. The summed E-state index contributed by atoms with van der Waals surface area (Å²) in [6, 6.07) is 0. The summed E-state index contributed by atoms with van der Waals surface area (Å²) >= 11 is 0. The third kappa shape index (κ3) is 45.9. The molecular formula is C51H93O10P. The van der Waals surface area contributed by atoms with Crippen molar-refractivity contribution >= 4 is 19.8 Å². The lowest BCUT2D eigenvalue weighted by molar-refractivity contribution is -0.161. The van der Waals surface area contributed by atoms with Crippen LogP contribution in [0, 0.1) is 0 Å². The number of esters is 2. The predicted molar refractivity (Wildman–Crippen MR) is 256 cm³/mol. The van der Waals surface area contributed by atoms with Gasteiger partial charge >= 0.3 is 19.8 Å². The maximum atomic E-state index is 12.7. The highest BCUT2D eigenvalue weighted by Gasteiger charge is 2.27. The molecule has 0 radical (unpaired) electrons. The molecule has 0 aliphatic rings. The second kappa shape index (κ2) is 46.9. The van der Waals surface area contributed by atoms with Gasteiger partial charge in [0.05, 0.1) is 19.8 Å². The van der Waals surface area contributed by atoms with Crippen LogP contribution < -0.4 is 0 Å². The van der Waals surface area contributed by atoms with E-state index in [2.05, 4.69) is 62.5 Å². The van der Waals surface area contributed by atoms with E-state index in [0.717, 1.165) is 57.8 Å². The highest BCUT2D eigenvalue weighted by Crippen LogP contribution is 2.43. The first-order chi connectivity index (χ1) is 30.2. The fourth-order valence-electron chi connectivity index (χ4n) is 6.86. The number of aliphatic hydroxyl groups is 2. The molecule has 1 unspecified atom stereocenters. The van der Waals surface area contributed by atoms with Gasteiger partial charge in [0, 0.05) is 12.8 Å². The maximum Gasteiger partial charge on any atom is 0.472 e. The lowest BCUT2D eigenvalue weighted by Crippen LogP contribution is -2.29. The number of phosphoric acid groups is 1. The summed E-state index contributed by atoms with van der Waals surface area (Å²) in [7, 11) is -4.63. The van der Waals surface area contributed by atoms with E-state index in [-0.39, 0.29) is 19.4 Å². The molecule has 0 aromatic rings. The number of hydrogen-bond acceptors (Lipinski definition) is 9. The van der Waals surface area contributed by atoms with E-state index in [1.807, 2.05) is 0 Å². The van der Waals surface area contributed by atoms with E-state index in [9.17, 15) is 24.2 Å². The number of ether oxygens (including phenoxy) is 2. The standard InChI is InChI=1S/C51H93O10P/c1-3-5-7-9-11-13-15-17-19-21-23-25-26-28-30-32-34-36-38-40-42-50(54)58-46-49(47-60-62(56,57)59-45-48(53)44-52)61-51(55)43-41-39-37-35-33-31-29-27-24-22-20-18-16-14-12-10-8-6-4-2/h12,14,18,20,24,27,31,33,48-49,52-53H,3-11,13,15-17,19,21-23,25-26,28-30,32,34-47H2,1-2H3,(H,56,57)/b14-12+,20-18+,27-24+,33-31+/t48-,49+/m0/s1. The summed E-state index contributed by atoms with van der Waals surface area (Å²) in [5.74, 6) is -0.953. The minimum absolute atomic E-state index is 0.147. The van der Waals surface area contributed by atoms with Crippen LogP contribution in [0.2, 0.25) is 0 Å². The highest BCUT2D eigenvalue weighted by molar-refractivity contribution is 7.47. The third-order valence-corrected chi connectivity index (χ3v) is 11.7. The average molecular weight is 897 g/mol. The van der Waals surface area contributed by atoms with Crippen LogP contribution in [0.25, 0.3) is 0 Å². The Hall–Kier alpha value is -2.07. The van der Waals surface area contributed by atoms with Crippen LogP contribution in [-0.2, 0) is 32.7 Å². The molecule has 362 valence electrons. The van der Waals surface area contributed by atoms with Crippen LogP contribution in [0.5, 0.6) is 0 Å². The average Bonchev–Trinajstić information content (AvgIpc) is 3.26. The number of unbranched alkanes of at least 4 members (excludes halogenated alkanes) is 25. The van der Waals surface area contributed by atoms with Crippen molar-refractivity contribution in [3.63, 3.8) is 0 Å². The highest BCUT2D eigenvalue weighted by atomic mass is 31.2. The second-order valence-electron chi connectivity index (χ2n) is 16.8. The minimum Gasteiger partial charge on any atom is -0.462 e. The van der Waals surface area contributed by atoms with Gasteiger partial charge in [0.25, 0.3) is 0 Å². The van der Waals surface area contributed by atoms with Crippen molar-refractivity contribution in [2.24, 2.45) is 0 Å². The monoisotopic (exact) mass is 897 g/mol. The van der Waals surface area contributed by atoms with Crippen molar-refractivity contribution in [3.05, 3.63) is 48.6 Å². The molecule has 0 rings (SSSR count). The summed E-state index contributed by atoms with van der Waals surface area (Å²) in [6.45, 7) is 2.35. The summed E-state index contributed by atoms with van der Waals surface area (Å²) in [5.41, 5.74) is 0. The van der Waals surface area contributed by atoms with Crippen molar-refractivity contribution in [2.45, 2.75) is 238 Å². The Bertz CT molecular complexity index is 1170. The van der Waals surface area contributed by atoms with Crippen molar-refractivity contribution in [2.75, 3.05) is 26.4 Å². The molecule has 0 aromatic heterocycles. The largest absolute Gasteiger partial charge is 0.472 e. The van der Waals surface area contributed by atoms with E-state index < -0.39 is 51.8 Å². The van der Waals surface area contributed by atoms with Gasteiger partial charge in [0.15, 0.2) is 6.10 Å². The lowest BCUT2D eigenvalue weighted by Gasteiger charge is -2.20. The van der Waals surface area contributed by atoms with Crippen LogP contribution in [-0.4, -0.2) is 65.7 Å². The Balaban J connectivity index is 4.24. The molecule has 0 amide bonds. The summed E-state index contributed by atoms with van der Waals surface area (Å²) < 4.78 is 32.8. The first-order valence-corrected chi connectivity index (χ1v) is 26.6. The van der Waals surface area contributed by atoms with Crippen molar-refractivity contribution in [1.29, 1.82) is 0 Å². The van der Waals surface area contributed by atoms with Gasteiger partial charge < -0.3 is 24.6 Å². The van der Waals surface area contributed by atoms with Crippen LogP contribution >= 0.6 is 7.82 Å². The molecule has 10 nitrogen and oxygen atoms in total. The summed E-state index contributed by atoms with van der Waals surface area (Å²) in [5, 5.41) is 18.4. The van der Waals surface area contributed by atoms with Crippen LogP contribution in [0.3, 0.4) is 0 Å². The topological polar surface area (TPSA) is 149 Å². The van der Waals surface area contributed by atoms with E-state index in [0.29, 0.717) is 12.8 Å². The first-order valence-electron chi connectivity index (χ1n) is 25.1. The fourth-order valence-corrected chi connectivity index (χ4v) is 7.65. The molecule has 0 bridgehead atoms. The van der Waals surface area contributed by atoms with E-state index in [1.165, 1.54) is 128 Å². The van der Waals surface area contributed by atoms with E-state index >= 15 is 0 Å². The predicted octanol–water partition coefficient (Wildman–Crippen LogP) is 14.1. The fraction of sp³-hybridized carbons (Fsp3) is 0.804. The first kappa shape index (κ1) is 59.9. The Morgan fingerprint density at radius 3 is 1.29 bits per heavy atom. The van der Waals surface area contributed by atoms with Gasteiger partial charge in [-0.15, -0.1) is 0 Å². The zero-order valence-corrected chi connectivity index (χ0v) is 40.5. The number of aliphatic hydroxyl groups excluding tert-OH is 2. The van der Waals surface area contributed by atoms with Gasteiger partial charge in [-0.05, 0) is 57.8 Å². The van der Waals surface area contributed by atoms with Crippen LogP contribution in [0.4, 0.5) is 0 Å². The van der Waals surface area contributed by atoms with Gasteiger partial charge in [-0.1, -0.05) is 204 Å². The number of allylic oxidation sites excluding steroid dienone is 8. The molecule has 0 saturated carbocycles. The molecule has 62 heavy (non-hydrogen) atoms. The number of rotatable bonds is 47. The summed E-state index contributed by atoms with van der Waals surface area (Å²) in [6.07, 6.45) is 52.2. The Morgan fingerprint density at radius 1 is 0.484 bits per heavy atom. The van der Waals surface area contributed by atoms with Gasteiger partial charge in [-0.25, -0.2) is 4.57 Å². The zero-order valence-electron chi connectivity index (χ0n) is 39.6. The molecule has 0 fully saturated rings. The molecule has 0 heterocycles. The minimum atomic E-state index is -4.63. The number of phosphoric ester groups is 1. The second-order valence-corrected chi connectivity index (χ2v) is 18.3. The molecule has 3 atom stereocenters. The number of carbonyl (C=O) groups is 2. The quantitative estimate of drug-likeness (QED) is 0.0233. The van der Waals surface area contributed by atoms with Crippen LogP contribution in [0.1, 0.15) is 226 Å². The lowest BCUT2D eigenvalue weighted by atomic mass is 10.0. The zero-order chi connectivity index (χ0) is 45.5. The van der Waals surface area contributed by atoms with E-state index in [4.69, 9.17) is 23.6 Å². The number of hydrogen-bond donors (Lipinski definition) is 3. The summed E-state index contributed by atoms with van der Waals surface area (Å²) in [4.78, 5) is 35.1. The molecule has 0 spiro atoms.